The zero-order valence-electron chi connectivity index (χ0n) is 8.24. The smallest absolute Gasteiger partial charge is 0.129 e. The van der Waals surface area contributed by atoms with E-state index in [2.05, 4.69) is 16.9 Å². The zero-order valence-corrected chi connectivity index (χ0v) is 8.24. The van der Waals surface area contributed by atoms with Gasteiger partial charge in [0.2, 0.25) is 0 Å². The first-order chi connectivity index (χ1) is 6.70. The van der Waals surface area contributed by atoms with Crippen molar-refractivity contribution in [1.82, 2.24) is 9.97 Å². The molecule has 0 unspecified atom stereocenters. The molecule has 0 saturated carbocycles. The van der Waals surface area contributed by atoms with Gasteiger partial charge in [-0.3, -0.25) is 0 Å². The number of aromatic nitrogens is 2. The van der Waals surface area contributed by atoms with E-state index < -0.39 is 0 Å². The van der Waals surface area contributed by atoms with Crippen molar-refractivity contribution >= 4 is 10.9 Å². The normalized spacial score (nSPS) is 10.5. The lowest BCUT2D eigenvalue weighted by Crippen LogP contribution is -1.93. The second kappa shape index (κ2) is 3.25. The van der Waals surface area contributed by atoms with E-state index in [9.17, 15) is 0 Å². The van der Waals surface area contributed by atoms with E-state index in [-0.39, 0.29) is 0 Å². The number of hydrogen-bond donors (Lipinski definition) is 0. The Morgan fingerprint density at radius 1 is 1.29 bits per heavy atom. The predicted molar refractivity (Wildman–Crippen MR) is 55.3 cm³/mol. The van der Waals surface area contributed by atoms with Crippen LogP contribution in [0.25, 0.3) is 10.9 Å². The van der Waals surface area contributed by atoms with Crippen LogP contribution < -0.4 is 4.74 Å². The van der Waals surface area contributed by atoms with Gasteiger partial charge in [0, 0.05) is 18.0 Å². The summed E-state index contributed by atoms with van der Waals surface area (Å²) in [5, 5.41) is 1.01. The minimum Gasteiger partial charge on any atom is -0.497 e. The number of benzene rings is 1. The summed E-state index contributed by atoms with van der Waals surface area (Å²) in [5.74, 6) is 1.38. The number of aryl methyl sites for hydroxylation is 1. The highest BCUT2D eigenvalue weighted by Crippen LogP contribution is 2.21. The highest BCUT2D eigenvalue weighted by molar-refractivity contribution is 5.82. The quantitative estimate of drug-likeness (QED) is 0.686. The van der Waals surface area contributed by atoms with Crippen LogP contribution in [0.5, 0.6) is 5.75 Å². The molecule has 1 aromatic carbocycles. The van der Waals surface area contributed by atoms with Gasteiger partial charge >= 0.3 is 0 Å². The second-order valence-electron chi connectivity index (χ2n) is 3.11. The number of methoxy groups -OCH3 is 1. The molecule has 1 heterocycles. The summed E-state index contributed by atoms with van der Waals surface area (Å²) in [6.07, 6.45) is 0. The Morgan fingerprint density at radius 2 is 2.07 bits per heavy atom. The molecule has 0 aliphatic carbocycles. The molecule has 2 rings (SSSR count). The Hall–Kier alpha value is -1.64. The van der Waals surface area contributed by atoms with Gasteiger partial charge in [0.1, 0.15) is 11.6 Å². The molecule has 0 aliphatic rings. The van der Waals surface area contributed by atoms with Crippen LogP contribution in [0.15, 0.2) is 18.2 Å². The van der Waals surface area contributed by atoms with Gasteiger partial charge in [-0.15, -0.1) is 0 Å². The van der Waals surface area contributed by atoms with Gasteiger partial charge in [0.15, 0.2) is 0 Å². The molecule has 0 fully saturated rings. The highest BCUT2D eigenvalue weighted by Gasteiger charge is 2.02. The molecule has 0 aliphatic heterocycles. The minimum absolute atomic E-state index is 0.556. The maximum Gasteiger partial charge on any atom is 0.129 e. The van der Waals surface area contributed by atoms with E-state index in [1.54, 1.807) is 7.11 Å². The lowest BCUT2D eigenvalue weighted by Gasteiger charge is -2.04. The number of ether oxygens (including phenoxy) is 1. The van der Waals surface area contributed by atoms with E-state index in [0.29, 0.717) is 5.82 Å². The Balaban J connectivity index is 2.75. The first-order valence-electron chi connectivity index (χ1n) is 4.35. The molecule has 0 N–H and O–H groups in total. The molecule has 3 nitrogen and oxygen atoms in total. The Labute approximate surface area is 82.8 Å². The van der Waals surface area contributed by atoms with Crippen LogP contribution in [0.1, 0.15) is 11.5 Å². The van der Waals surface area contributed by atoms with Gasteiger partial charge in [-0.25, -0.2) is 9.97 Å². The van der Waals surface area contributed by atoms with Crippen molar-refractivity contribution in [2.75, 3.05) is 7.11 Å². The average molecular weight is 187 g/mol. The Kier molecular flexibility index (Phi) is 2.08. The maximum atomic E-state index is 5.14. The fourth-order valence-electron chi connectivity index (χ4n) is 1.45. The van der Waals surface area contributed by atoms with Crippen LogP contribution >= 0.6 is 0 Å². The van der Waals surface area contributed by atoms with Crippen molar-refractivity contribution in [2.24, 2.45) is 0 Å². The Morgan fingerprint density at radius 3 is 2.79 bits per heavy atom. The summed E-state index contributed by atoms with van der Waals surface area (Å²) >= 11 is 0. The summed E-state index contributed by atoms with van der Waals surface area (Å²) in [6.45, 7) is 5.66. The zero-order chi connectivity index (χ0) is 10.1. The van der Waals surface area contributed by atoms with Crippen LogP contribution in [0, 0.1) is 13.8 Å². The molecule has 0 bridgehead atoms. The molecule has 14 heavy (non-hydrogen) atoms. The highest BCUT2D eigenvalue weighted by atomic mass is 16.5. The molecule has 0 saturated heterocycles. The lowest BCUT2D eigenvalue weighted by atomic mass is 10.2. The average Bonchev–Trinajstić information content (AvgIpc) is 2.17. The largest absolute Gasteiger partial charge is 0.497 e. The first-order valence-corrected chi connectivity index (χ1v) is 4.35. The van der Waals surface area contributed by atoms with E-state index in [0.717, 1.165) is 22.3 Å². The number of nitrogens with zero attached hydrogens (tertiary/aromatic N) is 2. The number of hydrogen-bond acceptors (Lipinski definition) is 3. The Bertz CT molecular complexity index is 480. The van der Waals surface area contributed by atoms with E-state index in [1.807, 2.05) is 25.1 Å². The van der Waals surface area contributed by atoms with Crippen LogP contribution in [-0.2, 0) is 0 Å². The van der Waals surface area contributed by atoms with Crippen LogP contribution in [-0.4, -0.2) is 17.1 Å². The summed E-state index contributed by atoms with van der Waals surface area (Å²) < 4.78 is 5.14. The van der Waals surface area contributed by atoms with E-state index in [4.69, 9.17) is 4.74 Å². The number of rotatable bonds is 1. The van der Waals surface area contributed by atoms with Crippen LogP contribution in [0.3, 0.4) is 0 Å². The van der Waals surface area contributed by atoms with Gasteiger partial charge in [0.25, 0.3) is 0 Å². The van der Waals surface area contributed by atoms with Gasteiger partial charge < -0.3 is 4.74 Å². The van der Waals surface area contributed by atoms with Gasteiger partial charge in [-0.05, 0) is 25.1 Å². The first kappa shape index (κ1) is 8.94. The molecule has 71 valence electrons. The van der Waals surface area contributed by atoms with Crippen LogP contribution in [0.2, 0.25) is 0 Å². The fraction of sp³-hybridized carbons (Fsp3) is 0.182. The minimum atomic E-state index is 0.556. The van der Waals surface area contributed by atoms with Crippen molar-refractivity contribution in [3.05, 3.63) is 36.6 Å². The third-order valence-corrected chi connectivity index (χ3v) is 2.14. The van der Waals surface area contributed by atoms with Crippen molar-refractivity contribution < 1.29 is 4.74 Å². The fourth-order valence-corrected chi connectivity index (χ4v) is 1.45. The van der Waals surface area contributed by atoms with Crippen molar-refractivity contribution in [3.63, 3.8) is 0 Å². The molecule has 2 aromatic rings. The van der Waals surface area contributed by atoms with Crippen molar-refractivity contribution in [3.8, 4) is 5.75 Å². The molecule has 1 radical (unpaired) electrons. The van der Waals surface area contributed by atoms with Gasteiger partial charge in [-0.2, -0.15) is 0 Å². The van der Waals surface area contributed by atoms with E-state index >= 15 is 0 Å². The predicted octanol–water partition coefficient (Wildman–Crippen LogP) is 2.13. The lowest BCUT2D eigenvalue weighted by molar-refractivity contribution is 0.415. The van der Waals surface area contributed by atoms with Gasteiger partial charge in [-0.1, -0.05) is 0 Å². The molecule has 0 spiro atoms. The summed E-state index contributed by atoms with van der Waals surface area (Å²) in [7, 11) is 1.65. The van der Waals surface area contributed by atoms with Crippen LogP contribution in [0.4, 0.5) is 0 Å². The summed E-state index contributed by atoms with van der Waals surface area (Å²) in [5.41, 5.74) is 1.84. The monoisotopic (exact) mass is 187 g/mol. The molecule has 0 amide bonds. The topological polar surface area (TPSA) is 35.0 Å². The third kappa shape index (κ3) is 1.41. The molecule has 1 aromatic heterocycles. The molecular formula is C11H11N2O. The molecule has 0 atom stereocenters. The third-order valence-electron chi connectivity index (χ3n) is 2.14. The van der Waals surface area contributed by atoms with Gasteiger partial charge in [0.05, 0.1) is 12.6 Å². The van der Waals surface area contributed by atoms with Crippen molar-refractivity contribution in [1.29, 1.82) is 0 Å². The molecule has 3 heteroatoms. The van der Waals surface area contributed by atoms with Crippen molar-refractivity contribution in [2.45, 2.75) is 6.92 Å². The number of fused-ring (bicyclic) bond motifs is 1. The second-order valence-corrected chi connectivity index (χ2v) is 3.11. The standard InChI is InChI=1S/C11H11N2O/c1-7-10-6-9(14-3)4-5-11(10)13-8(2)12-7/h4-6H,2H2,1,3H3. The maximum absolute atomic E-state index is 5.14. The summed E-state index contributed by atoms with van der Waals surface area (Å²) in [4.78, 5) is 8.43. The SMILES string of the molecule is [CH2]c1nc(C)c2cc(OC)ccc2n1. The summed E-state index contributed by atoms with van der Waals surface area (Å²) in [6, 6.07) is 5.73. The molecular weight excluding hydrogens is 176 g/mol. The van der Waals surface area contributed by atoms with E-state index in [1.165, 1.54) is 0 Å².